The molecule has 1 rings (SSSR count). The third-order valence-corrected chi connectivity index (χ3v) is 2.46. The monoisotopic (exact) mass is 241 g/mol. The maximum absolute atomic E-state index is 5.44. The van der Waals surface area contributed by atoms with E-state index in [0.717, 1.165) is 18.8 Å². The Balaban J connectivity index is 2.15. The summed E-state index contributed by atoms with van der Waals surface area (Å²) in [4.78, 5) is 4.27. The van der Waals surface area contributed by atoms with Gasteiger partial charge in [-0.1, -0.05) is 0 Å². The number of imidazole rings is 1. The summed E-state index contributed by atoms with van der Waals surface area (Å²) in [5.41, 5.74) is 0. The van der Waals surface area contributed by atoms with Crippen LogP contribution in [-0.2, 0) is 22.9 Å². The van der Waals surface area contributed by atoms with Crippen LogP contribution in [0.15, 0.2) is 12.4 Å². The minimum atomic E-state index is -0.147. The predicted octanol–water partition coefficient (Wildman–Crippen LogP) is 0.951. The molecule has 0 unspecified atom stereocenters. The van der Waals surface area contributed by atoms with Crippen molar-refractivity contribution in [3.63, 3.8) is 0 Å². The van der Waals surface area contributed by atoms with Gasteiger partial charge in [-0.3, -0.25) is 0 Å². The molecule has 98 valence electrons. The smallest absolute Gasteiger partial charge is 0.169 e. The SMILES string of the molecule is CCOC(CNCCc1nccn1C)OCC. The fourth-order valence-electron chi connectivity index (χ4n) is 1.60. The van der Waals surface area contributed by atoms with Crippen molar-refractivity contribution in [1.82, 2.24) is 14.9 Å². The van der Waals surface area contributed by atoms with E-state index in [0.29, 0.717) is 19.8 Å². The zero-order valence-electron chi connectivity index (χ0n) is 11.0. The molecule has 0 bridgehead atoms. The molecule has 0 atom stereocenters. The molecular formula is C12H23N3O2. The molecular weight excluding hydrogens is 218 g/mol. The Bertz CT molecular complexity index is 296. The fourth-order valence-corrected chi connectivity index (χ4v) is 1.60. The molecule has 0 saturated carbocycles. The van der Waals surface area contributed by atoms with Crippen LogP contribution in [0.1, 0.15) is 19.7 Å². The van der Waals surface area contributed by atoms with Gasteiger partial charge in [0, 0.05) is 52.2 Å². The highest BCUT2D eigenvalue weighted by Gasteiger charge is 2.06. The van der Waals surface area contributed by atoms with Gasteiger partial charge in [0.1, 0.15) is 5.82 Å². The van der Waals surface area contributed by atoms with Gasteiger partial charge in [0.25, 0.3) is 0 Å². The van der Waals surface area contributed by atoms with Gasteiger partial charge in [-0.2, -0.15) is 0 Å². The minimum Gasteiger partial charge on any atom is -0.352 e. The Morgan fingerprint density at radius 2 is 2.06 bits per heavy atom. The van der Waals surface area contributed by atoms with E-state index in [2.05, 4.69) is 10.3 Å². The molecule has 0 spiro atoms. The van der Waals surface area contributed by atoms with E-state index in [-0.39, 0.29) is 6.29 Å². The average molecular weight is 241 g/mol. The summed E-state index contributed by atoms with van der Waals surface area (Å²) < 4.78 is 12.9. The normalized spacial score (nSPS) is 11.3. The van der Waals surface area contributed by atoms with Gasteiger partial charge in [0.05, 0.1) is 0 Å². The van der Waals surface area contributed by atoms with E-state index in [1.165, 1.54) is 0 Å². The first-order valence-electron chi connectivity index (χ1n) is 6.18. The Labute approximate surface area is 103 Å². The summed E-state index contributed by atoms with van der Waals surface area (Å²) in [7, 11) is 2.01. The highest BCUT2D eigenvalue weighted by molar-refractivity contribution is 4.91. The predicted molar refractivity (Wildman–Crippen MR) is 66.8 cm³/mol. The van der Waals surface area contributed by atoms with Crippen molar-refractivity contribution in [3.8, 4) is 0 Å². The van der Waals surface area contributed by atoms with Crippen LogP contribution >= 0.6 is 0 Å². The number of hydrogen-bond acceptors (Lipinski definition) is 4. The van der Waals surface area contributed by atoms with Gasteiger partial charge < -0.3 is 19.4 Å². The second kappa shape index (κ2) is 8.22. The minimum absolute atomic E-state index is 0.147. The summed E-state index contributed by atoms with van der Waals surface area (Å²) in [6, 6.07) is 0. The van der Waals surface area contributed by atoms with Crippen molar-refractivity contribution in [1.29, 1.82) is 0 Å². The fraction of sp³-hybridized carbons (Fsp3) is 0.750. The quantitative estimate of drug-likeness (QED) is 0.516. The maximum atomic E-state index is 5.44. The first-order chi connectivity index (χ1) is 8.27. The number of aromatic nitrogens is 2. The van der Waals surface area contributed by atoms with Crippen LogP contribution in [0.2, 0.25) is 0 Å². The van der Waals surface area contributed by atoms with Crippen molar-refractivity contribution >= 4 is 0 Å². The first kappa shape index (κ1) is 14.2. The number of nitrogens with zero attached hydrogens (tertiary/aromatic N) is 2. The van der Waals surface area contributed by atoms with Crippen molar-refractivity contribution in [2.75, 3.05) is 26.3 Å². The number of ether oxygens (including phenoxy) is 2. The summed E-state index contributed by atoms with van der Waals surface area (Å²) >= 11 is 0. The lowest BCUT2D eigenvalue weighted by Gasteiger charge is -2.17. The number of aryl methyl sites for hydroxylation is 1. The van der Waals surface area contributed by atoms with Crippen LogP contribution in [0.3, 0.4) is 0 Å². The van der Waals surface area contributed by atoms with Crippen LogP contribution in [0.25, 0.3) is 0 Å². The lowest BCUT2D eigenvalue weighted by Crippen LogP contribution is -2.33. The zero-order valence-corrected chi connectivity index (χ0v) is 11.0. The number of nitrogens with one attached hydrogen (secondary N) is 1. The van der Waals surface area contributed by atoms with Gasteiger partial charge in [-0.25, -0.2) is 4.98 Å². The van der Waals surface area contributed by atoms with E-state index >= 15 is 0 Å². The van der Waals surface area contributed by atoms with Gasteiger partial charge in [0.15, 0.2) is 6.29 Å². The van der Waals surface area contributed by atoms with Gasteiger partial charge in [-0.15, -0.1) is 0 Å². The second-order valence-corrected chi connectivity index (χ2v) is 3.75. The third-order valence-electron chi connectivity index (χ3n) is 2.46. The number of hydrogen-bond donors (Lipinski definition) is 1. The number of rotatable bonds is 9. The molecule has 1 aromatic heterocycles. The molecule has 0 aromatic carbocycles. The van der Waals surface area contributed by atoms with Gasteiger partial charge >= 0.3 is 0 Å². The summed E-state index contributed by atoms with van der Waals surface area (Å²) in [6.45, 7) is 6.88. The van der Waals surface area contributed by atoms with Crippen LogP contribution < -0.4 is 5.32 Å². The molecule has 0 aliphatic rings. The van der Waals surface area contributed by atoms with Crippen LogP contribution in [0.4, 0.5) is 0 Å². The first-order valence-corrected chi connectivity index (χ1v) is 6.18. The van der Waals surface area contributed by atoms with E-state index in [4.69, 9.17) is 9.47 Å². The molecule has 1 aromatic rings. The standard InChI is InChI=1S/C12H23N3O2/c1-4-16-12(17-5-2)10-13-7-6-11-14-8-9-15(11)3/h8-9,12-13H,4-7,10H2,1-3H3. The van der Waals surface area contributed by atoms with Gasteiger partial charge in [0.2, 0.25) is 0 Å². The summed E-state index contributed by atoms with van der Waals surface area (Å²) in [5, 5.41) is 3.32. The molecule has 0 fully saturated rings. The van der Waals surface area contributed by atoms with E-state index in [1.54, 1.807) is 0 Å². The highest BCUT2D eigenvalue weighted by Crippen LogP contribution is 1.96. The second-order valence-electron chi connectivity index (χ2n) is 3.75. The topological polar surface area (TPSA) is 48.3 Å². The molecule has 0 saturated heterocycles. The Morgan fingerprint density at radius 1 is 1.35 bits per heavy atom. The third kappa shape index (κ3) is 5.30. The molecule has 17 heavy (non-hydrogen) atoms. The van der Waals surface area contributed by atoms with Crippen molar-refractivity contribution in [2.45, 2.75) is 26.6 Å². The lowest BCUT2D eigenvalue weighted by atomic mass is 10.4. The van der Waals surface area contributed by atoms with E-state index in [9.17, 15) is 0 Å². The molecule has 0 aliphatic heterocycles. The molecule has 5 nitrogen and oxygen atoms in total. The zero-order chi connectivity index (χ0) is 12.5. The molecule has 1 heterocycles. The average Bonchev–Trinajstić information content (AvgIpc) is 2.71. The van der Waals surface area contributed by atoms with Crippen molar-refractivity contribution in [2.24, 2.45) is 7.05 Å². The lowest BCUT2D eigenvalue weighted by molar-refractivity contribution is -0.132. The molecule has 0 aliphatic carbocycles. The van der Waals surface area contributed by atoms with E-state index in [1.807, 2.05) is 37.9 Å². The summed E-state index contributed by atoms with van der Waals surface area (Å²) in [6.07, 6.45) is 4.54. The Morgan fingerprint density at radius 3 is 2.59 bits per heavy atom. The highest BCUT2D eigenvalue weighted by atomic mass is 16.7. The van der Waals surface area contributed by atoms with Crippen LogP contribution in [-0.4, -0.2) is 42.1 Å². The van der Waals surface area contributed by atoms with Crippen molar-refractivity contribution in [3.05, 3.63) is 18.2 Å². The molecule has 1 N–H and O–H groups in total. The van der Waals surface area contributed by atoms with Gasteiger partial charge in [-0.05, 0) is 13.8 Å². The Hall–Kier alpha value is -0.910. The van der Waals surface area contributed by atoms with Crippen molar-refractivity contribution < 1.29 is 9.47 Å². The van der Waals surface area contributed by atoms with E-state index < -0.39 is 0 Å². The molecule has 0 radical (unpaired) electrons. The summed E-state index contributed by atoms with van der Waals surface area (Å²) in [5.74, 6) is 1.09. The molecule has 5 heteroatoms. The van der Waals surface area contributed by atoms with Crippen LogP contribution in [0, 0.1) is 0 Å². The largest absolute Gasteiger partial charge is 0.352 e. The Kier molecular flexibility index (Phi) is 6.84. The maximum Gasteiger partial charge on any atom is 0.169 e. The molecule has 0 amide bonds. The van der Waals surface area contributed by atoms with Crippen LogP contribution in [0.5, 0.6) is 0 Å².